The lowest BCUT2D eigenvalue weighted by Gasteiger charge is -2.32. The van der Waals surface area contributed by atoms with Crippen LogP contribution in [-0.2, 0) is 6.42 Å². The van der Waals surface area contributed by atoms with Crippen LogP contribution in [0.4, 0.5) is 8.78 Å². The largest absolute Gasteiger partial charge is 0.338 e. The van der Waals surface area contributed by atoms with Gasteiger partial charge in [0.05, 0.1) is 0 Å². The van der Waals surface area contributed by atoms with E-state index in [2.05, 4.69) is 4.98 Å². The van der Waals surface area contributed by atoms with Crippen LogP contribution in [0.1, 0.15) is 28.8 Å². The van der Waals surface area contributed by atoms with Crippen LogP contribution in [0.5, 0.6) is 0 Å². The number of nitrogens with zero attached hydrogens (tertiary/aromatic N) is 2. The van der Waals surface area contributed by atoms with Crippen LogP contribution >= 0.6 is 0 Å². The van der Waals surface area contributed by atoms with Crippen LogP contribution in [0.25, 0.3) is 0 Å². The molecule has 23 heavy (non-hydrogen) atoms. The van der Waals surface area contributed by atoms with E-state index in [1.807, 2.05) is 12.1 Å². The Hall–Kier alpha value is -2.30. The smallest absolute Gasteiger partial charge is 0.259 e. The van der Waals surface area contributed by atoms with Gasteiger partial charge in [-0.05, 0) is 55.0 Å². The molecule has 0 atom stereocenters. The number of hydrogen-bond acceptors (Lipinski definition) is 2. The van der Waals surface area contributed by atoms with Crippen LogP contribution in [0.2, 0.25) is 0 Å². The monoisotopic (exact) mass is 316 g/mol. The molecule has 0 aliphatic carbocycles. The molecular weight excluding hydrogens is 298 g/mol. The third-order valence-electron chi connectivity index (χ3n) is 4.35. The van der Waals surface area contributed by atoms with Gasteiger partial charge in [-0.25, -0.2) is 8.78 Å². The zero-order valence-corrected chi connectivity index (χ0v) is 12.7. The summed E-state index contributed by atoms with van der Waals surface area (Å²) in [5.41, 5.74) is 0.782. The third-order valence-corrected chi connectivity index (χ3v) is 4.35. The molecule has 0 spiro atoms. The number of pyridine rings is 1. The van der Waals surface area contributed by atoms with E-state index in [9.17, 15) is 13.6 Å². The Balaban J connectivity index is 1.62. The van der Waals surface area contributed by atoms with Crippen molar-refractivity contribution in [3.63, 3.8) is 0 Å². The lowest BCUT2D eigenvalue weighted by molar-refractivity contribution is 0.0680. The van der Waals surface area contributed by atoms with Crippen molar-refractivity contribution in [2.75, 3.05) is 13.1 Å². The maximum Gasteiger partial charge on any atom is 0.259 e. The van der Waals surface area contributed by atoms with E-state index in [-0.39, 0.29) is 0 Å². The van der Waals surface area contributed by atoms with Gasteiger partial charge in [-0.1, -0.05) is 6.07 Å². The molecule has 0 saturated carbocycles. The highest BCUT2D eigenvalue weighted by molar-refractivity contribution is 5.94. The number of halogens is 2. The summed E-state index contributed by atoms with van der Waals surface area (Å²) in [4.78, 5) is 17.9. The lowest BCUT2D eigenvalue weighted by atomic mass is 9.90. The van der Waals surface area contributed by atoms with Crippen molar-refractivity contribution in [1.82, 2.24) is 9.88 Å². The first-order valence-electron chi connectivity index (χ1n) is 7.77. The molecule has 120 valence electrons. The van der Waals surface area contributed by atoms with Gasteiger partial charge in [0.1, 0.15) is 17.2 Å². The third kappa shape index (κ3) is 3.55. The molecule has 3 nitrogen and oxygen atoms in total. The van der Waals surface area contributed by atoms with Crippen molar-refractivity contribution in [1.29, 1.82) is 0 Å². The minimum absolute atomic E-state index is 0.444. The van der Waals surface area contributed by atoms with Gasteiger partial charge in [0.25, 0.3) is 5.91 Å². The van der Waals surface area contributed by atoms with Crippen molar-refractivity contribution >= 4 is 5.91 Å². The van der Waals surface area contributed by atoms with Crippen molar-refractivity contribution in [3.8, 4) is 0 Å². The summed E-state index contributed by atoms with van der Waals surface area (Å²) < 4.78 is 27.5. The molecule has 1 aliphatic rings. The first-order valence-corrected chi connectivity index (χ1v) is 7.77. The number of carbonyl (C=O) groups is 1. The van der Waals surface area contributed by atoms with Crippen LogP contribution in [-0.4, -0.2) is 28.9 Å². The van der Waals surface area contributed by atoms with Crippen molar-refractivity contribution in [2.45, 2.75) is 19.3 Å². The Morgan fingerprint density at radius 3 is 2.30 bits per heavy atom. The number of aromatic nitrogens is 1. The van der Waals surface area contributed by atoms with Gasteiger partial charge in [-0.2, -0.15) is 0 Å². The Morgan fingerprint density at radius 1 is 1.09 bits per heavy atom. The second-order valence-electron chi connectivity index (χ2n) is 5.89. The van der Waals surface area contributed by atoms with Crippen LogP contribution < -0.4 is 0 Å². The highest BCUT2D eigenvalue weighted by atomic mass is 19.1. The van der Waals surface area contributed by atoms with E-state index >= 15 is 0 Å². The van der Waals surface area contributed by atoms with Gasteiger partial charge in [-0.15, -0.1) is 0 Å². The second kappa shape index (κ2) is 6.86. The molecule has 0 bridgehead atoms. The summed E-state index contributed by atoms with van der Waals surface area (Å²) in [5, 5.41) is 0. The van der Waals surface area contributed by atoms with E-state index in [0.29, 0.717) is 19.0 Å². The summed E-state index contributed by atoms with van der Waals surface area (Å²) in [6, 6.07) is 7.49. The molecule has 1 saturated heterocycles. The van der Waals surface area contributed by atoms with Gasteiger partial charge < -0.3 is 4.90 Å². The highest BCUT2D eigenvalue weighted by Crippen LogP contribution is 2.24. The summed E-state index contributed by atoms with van der Waals surface area (Å²) in [7, 11) is 0. The molecule has 0 unspecified atom stereocenters. The predicted molar refractivity (Wildman–Crippen MR) is 82.9 cm³/mol. The van der Waals surface area contributed by atoms with E-state index in [4.69, 9.17) is 0 Å². The Bertz CT molecular complexity index is 662. The number of likely N-dealkylation sites (tertiary alicyclic amines) is 1. The molecule has 1 fully saturated rings. The number of hydrogen-bond donors (Lipinski definition) is 0. The molecule has 2 aromatic rings. The van der Waals surface area contributed by atoms with Gasteiger partial charge in [-0.3, -0.25) is 9.78 Å². The maximum absolute atomic E-state index is 13.7. The zero-order chi connectivity index (χ0) is 16.2. The van der Waals surface area contributed by atoms with Gasteiger partial charge in [0.2, 0.25) is 0 Å². The minimum atomic E-state index is -0.797. The summed E-state index contributed by atoms with van der Waals surface area (Å²) in [6.45, 7) is 1.06. The number of carbonyl (C=O) groups excluding carboxylic acids is 1. The van der Waals surface area contributed by atoms with Crippen molar-refractivity contribution in [3.05, 3.63) is 65.5 Å². The summed E-state index contributed by atoms with van der Waals surface area (Å²) in [6.07, 6.45) is 6.16. The molecule has 1 amide bonds. The average molecular weight is 316 g/mol. The van der Waals surface area contributed by atoms with E-state index in [1.54, 1.807) is 17.3 Å². The number of piperidine rings is 1. The quantitative estimate of drug-likeness (QED) is 0.869. The fourth-order valence-corrected chi connectivity index (χ4v) is 3.05. The van der Waals surface area contributed by atoms with Gasteiger partial charge in [0.15, 0.2) is 0 Å². The molecule has 1 aromatic carbocycles. The minimum Gasteiger partial charge on any atom is -0.338 e. The molecule has 0 N–H and O–H groups in total. The lowest BCUT2D eigenvalue weighted by Crippen LogP contribution is -2.39. The van der Waals surface area contributed by atoms with Crippen LogP contribution in [0.3, 0.4) is 0 Å². The van der Waals surface area contributed by atoms with Crippen molar-refractivity contribution < 1.29 is 13.6 Å². The summed E-state index contributed by atoms with van der Waals surface area (Å²) in [5.74, 6) is -1.67. The molecule has 2 heterocycles. The number of benzene rings is 1. The molecule has 1 aliphatic heterocycles. The number of amides is 1. The topological polar surface area (TPSA) is 33.2 Å². The molecule has 1 aromatic heterocycles. The zero-order valence-electron chi connectivity index (χ0n) is 12.7. The standard InChI is InChI=1S/C18H18F2N2O/c19-15-2-1-3-16(20)17(15)18(23)22-10-6-14(7-11-22)12-13-4-8-21-9-5-13/h1-5,8-9,14H,6-7,10-12H2. The van der Waals surface area contributed by atoms with Gasteiger partial charge in [0, 0.05) is 25.5 Å². The normalized spacial score (nSPS) is 15.7. The second-order valence-corrected chi connectivity index (χ2v) is 5.89. The fourth-order valence-electron chi connectivity index (χ4n) is 3.05. The molecule has 5 heteroatoms. The van der Waals surface area contributed by atoms with E-state index in [1.165, 1.54) is 11.6 Å². The van der Waals surface area contributed by atoms with E-state index in [0.717, 1.165) is 31.4 Å². The molecular formula is C18H18F2N2O. The Labute approximate surface area is 134 Å². The maximum atomic E-state index is 13.7. The van der Waals surface area contributed by atoms with Crippen LogP contribution in [0, 0.1) is 17.6 Å². The molecule has 0 radical (unpaired) electrons. The van der Waals surface area contributed by atoms with E-state index < -0.39 is 23.1 Å². The first kappa shape index (κ1) is 15.6. The summed E-state index contributed by atoms with van der Waals surface area (Å²) >= 11 is 0. The predicted octanol–water partition coefficient (Wildman–Crippen LogP) is 3.45. The SMILES string of the molecule is O=C(c1c(F)cccc1F)N1CCC(Cc2ccncc2)CC1. The fraction of sp³-hybridized carbons (Fsp3) is 0.333. The Morgan fingerprint density at radius 2 is 1.70 bits per heavy atom. The van der Waals surface area contributed by atoms with Gasteiger partial charge >= 0.3 is 0 Å². The first-order chi connectivity index (χ1) is 11.1. The molecule has 3 rings (SSSR count). The van der Waals surface area contributed by atoms with Crippen molar-refractivity contribution in [2.24, 2.45) is 5.92 Å². The van der Waals surface area contributed by atoms with Crippen LogP contribution in [0.15, 0.2) is 42.7 Å². The number of rotatable bonds is 3. The average Bonchev–Trinajstić information content (AvgIpc) is 2.56. The Kier molecular flexibility index (Phi) is 4.65. The highest BCUT2D eigenvalue weighted by Gasteiger charge is 2.27.